The van der Waals surface area contributed by atoms with Gasteiger partial charge in [0.15, 0.2) is 0 Å². The lowest BCUT2D eigenvalue weighted by Gasteiger charge is -2.38. The lowest BCUT2D eigenvalue weighted by atomic mass is 9.67. The molecule has 1 spiro atoms. The maximum atomic E-state index is 11.6. The summed E-state index contributed by atoms with van der Waals surface area (Å²) >= 11 is 6.23. The van der Waals surface area contributed by atoms with Crippen molar-refractivity contribution in [3.63, 3.8) is 0 Å². The zero-order chi connectivity index (χ0) is 13.6. The Morgan fingerprint density at radius 2 is 2.00 bits per heavy atom. The molecule has 1 heterocycles. The third-order valence-corrected chi connectivity index (χ3v) is 5.71. The SMILES string of the molecule is CCC(C)(C)C1CCC2(CC1)OC2(Cl)C(=O)OC. The molecule has 0 radical (unpaired) electrons. The minimum absolute atomic E-state index is 0.358. The highest BCUT2D eigenvalue weighted by Gasteiger charge is 2.75. The Morgan fingerprint density at radius 3 is 2.44 bits per heavy atom. The van der Waals surface area contributed by atoms with Gasteiger partial charge in [-0.25, -0.2) is 4.79 Å². The van der Waals surface area contributed by atoms with Crippen LogP contribution in [0.2, 0.25) is 0 Å². The van der Waals surface area contributed by atoms with Crippen molar-refractivity contribution in [2.24, 2.45) is 11.3 Å². The fourth-order valence-corrected chi connectivity index (χ4v) is 3.59. The Bertz CT molecular complexity index is 345. The first-order valence-corrected chi connectivity index (χ1v) is 7.16. The van der Waals surface area contributed by atoms with Gasteiger partial charge in [0.25, 0.3) is 5.06 Å². The van der Waals surface area contributed by atoms with Gasteiger partial charge < -0.3 is 9.47 Å². The van der Waals surface area contributed by atoms with E-state index in [1.165, 1.54) is 13.5 Å². The van der Waals surface area contributed by atoms with E-state index in [1.54, 1.807) is 0 Å². The van der Waals surface area contributed by atoms with Gasteiger partial charge in [0.1, 0.15) is 5.60 Å². The number of carbonyl (C=O) groups excluding carboxylic acids is 1. The van der Waals surface area contributed by atoms with Gasteiger partial charge in [-0.15, -0.1) is 0 Å². The second kappa shape index (κ2) is 4.38. The van der Waals surface area contributed by atoms with Crippen LogP contribution in [0.1, 0.15) is 52.9 Å². The Kier molecular flexibility index (Phi) is 3.44. The van der Waals surface area contributed by atoms with Crippen LogP contribution in [0, 0.1) is 11.3 Å². The molecule has 104 valence electrons. The van der Waals surface area contributed by atoms with E-state index in [9.17, 15) is 4.79 Å². The van der Waals surface area contributed by atoms with Crippen molar-refractivity contribution in [1.29, 1.82) is 0 Å². The number of alkyl halides is 1. The average Bonchev–Trinajstić information content (AvgIpc) is 2.94. The predicted octanol–water partition coefficient (Wildman–Crippen LogP) is 3.49. The van der Waals surface area contributed by atoms with Gasteiger partial charge in [0.2, 0.25) is 0 Å². The number of carbonyl (C=O) groups is 1. The molecule has 1 unspecified atom stereocenters. The quantitative estimate of drug-likeness (QED) is 0.449. The van der Waals surface area contributed by atoms with Gasteiger partial charge in [-0.3, -0.25) is 0 Å². The van der Waals surface area contributed by atoms with Gasteiger partial charge >= 0.3 is 5.97 Å². The molecule has 0 bridgehead atoms. The Balaban J connectivity index is 1.99. The monoisotopic (exact) mass is 274 g/mol. The highest BCUT2D eigenvalue weighted by Crippen LogP contribution is 2.61. The van der Waals surface area contributed by atoms with E-state index in [4.69, 9.17) is 21.1 Å². The molecule has 1 saturated heterocycles. The number of epoxide rings is 1. The highest BCUT2D eigenvalue weighted by atomic mass is 35.5. The van der Waals surface area contributed by atoms with Crippen LogP contribution in [0.3, 0.4) is 0 Å². The molecule has 0 amide bonds. The summed E-state index contributed by atoms with van der Waals surface area (Å²) in [5.41, 5.74) is -0.0985. The van der Waals surface area contributed by atoms with Gasteiger partial charge in [0.05, 0.1) is 7.11 Å². The predicted molar refractivity (Wildman–Crippen MR) is 70.4 cm³/mol. The molecule has 1 saturated carbocycles. The topological polar surface area (TPSA) is 38.8 Å². The maximum absolute atomic E-state index is 11.6. The normalized spacial score (nSPS) is 39.7. The smallest absolute Gasteiger partial charge is 0.357 e. The second-order valence-electron chi connectivity index (χ2n) is 6.30. The van der Waals surface area contributed by atoms with Crippen LogP contribution in [0.5, 0.6) is 0 Å². The van der Waals surface area contributed by atoms with Crippen molar-refractivity contribution >= 4 is 17.6 Å². The van der Waals surface area contributed by atoms with Crippen molar-refractivity contribution < 1.29 is 14.3 Å². The summed E-state index contributed by atoms with van der Waals surface area (Å²) in [6, 6.07) is 0. The number of methoxy groups -OCH3 is 1. The number of hydrogen-bond donors (Lipinski definition) is 0. The minimum Gasteiger partial charge on any atom is -0.466 e. The standard InChI is InChI=1S/C14H23ClO3/c1-5-12(2,3)10-6-8-13(9-7-10)14(15,18-13)11(16)17-4/h10H,5-9H2,1-4H3. The molecule has 2 rings (SSSR count). The number of hydrogen-bond acceptors (Lipinski definition) is 3. The number of esters is 1. The summed E-state index contributed by atoms with van der Waals surface area (Å²) in [7, 11) is 1.35. The molecular formula is C14H23ClO3. The maximum Gasteiger partial charge on any atom is 0.357 e. The summed E-state index contributed by atoms with van der Waals surface area (Å²) in [6.45, 7) is 6.87. The molecule has 0 aromatic heterocycles. The molecule has 0 N–H and O–H groups in total. The van der Waals surface area contributed by atoms with E-state index >= 15 is 0 Å². The summed E-state index contributed by atoms with van der Waals surface area (Å²) in [5.74, 6) is 0.244. The van der Waals surface area contributed by atoms with Crippen LogP contribution in [0.15, 0.2) is 0 Å². The zero-order valence-corrected chi connectivity index (χ0v) is 12.5. The average molecular weight is 275 g/mol. The van der Waals surface area contributed by atoms with E-state index in [-0.39, 0.29) is 0 Å². The van der Waals surface area contributed by atoms with Crippen LogP contribution in [-0.2, 0) is 14.3 Å². The van der Waals surface area contributed by atoms with Crippen LogP contribution in [0.4, 0.5) is 0 Å². The van der Waals surface area contributed by atoms with Crippen molar-refractivity contribution in [1.82, 2.24) is 0 Å². The fourth-order valence-electron chi connectivity index (χ4n) is 3.18. The lowest BCUT2D eigenvalue weighted by Crippen LogP contribution is -2.36. The van der Waals surface area contributed by atoms with E-state index in [1.807, 2.05) is 0 Å². The number of ether oxygens (including phenoxy) is 2. The minimum atomic E-state index is -1.21. The first-order valence-electron chi connectivity index (χ1n) is 6.79. The summed E-state index contributed by atoms with van der Waals surface area (Å²) in [5, 5.41) is -1.21. The summed E-state index contributed by atoms with van der Waals surface area (Å²) in [6.07, 6.45) is 5.05. The first-order chi connectivity index (χ1) is 8.31. The van der Waals surface area contributed by atoms with E-state index in [0.717, 1.165) is 25.7 Å². The number of rotatable bonds is 3. The Hall–Kier alpha value is -0.280. The van der Waals surface area contributed by atoms with Crippen LogP contribution in [-0.4, -0.2) is 23.7 Å². The first kappa shape index (κ1) is 14.1. The van der Waals surface area contributed by atoms with Crippen molar-refractivity contribution in [2.75, 3.05) is 7.11 Å². The van der Waals surface area contributed by atoms with Crippen molar-refractivity contribution in [3.05, 3.63) is 0 Å². The Morgan fingerprint density at radius 1 is 1.44 bits per heavy atom. The fraction of sp³-hybridized carbons (Fsp3) is 0.929. The molecule has 0 aromatic carbocycles. The molecule has 3 nitrogen and oxygen atoms in total. The largest absolute Gasteiger partial charge is 0.466 e. The van der Waals surface area contributed by atoms with Crippen molar-refractivity contribution in [3.8, 4) is 0 Å². The van der Waals surface area contributed by atoms with E-state index in [0.29, 0.717) is 11.3 Å². The van der Waals surface area contributed by atoms with E-state index < -0.39 is 16.6 Å². The van der Waals surface area contributed by atoms with Gasteiger partial charge in [-0.2, -0.15) is 0 Å². The molecule has 0 aromatic rings. The molecule has 4 heteroatoms. The molecule has 1 atom stereocenters. The van der Waals surface area contributed by atoms with Gasteiger partial charge in [-0.1, -0.05) is 38.8 Å². The summed E-state index contributed by atoms with van der Waals surface area (Å²) in [4.78, 5) is 11.6. The zero-order valence-electron chi connectivity index (χ0n) is 11.7. The third kappa shape index (κ3) is 1.96. The van der Waals surface area contributed by atoms with Gasteiger partial charge in [0, 0.05) is 0 Å². The molecule has 18 heavy (non-hydrogen) atoms. The molecular weight excluding hydrogens is 252 g/mol. The Labute approximate surface area is 114 Å². The number of halogens is 1. The lowest BCUT2D eigenvalue weighted by molar-refractivity contribution is -0.143. The third-order valence-electron chi connectivity index (χ3n) is 5.14. The molecule has 1 aliphatic carbocycles. The van der Waals surface area contributed by atoms with Crippen LogP contribution < -0.4 is 0 Å². The van der Waals surface area contributed by atoms with Gasteiger partial charge in [-0.05, 0) is 37.0 Å². The van der Waals surface area contributed by atoms with Crippen LogP contribution >= 0.6 is 11.6 Å². The van der Waals surface area contributed by atoms with Crippen LogP contribution in [0.25, 0.3) is 0 Å². The highest BCUT2D eigenvalue weighted by molar-refractivity contribution is 6.36. The molecule has 1 aliphatic heterocycles. The van der Waals surface area contributed by atoms with E-state index in [2.05, 4.69) is 20.8 Å². The summed E-state index contributed by atoms with van der Waals surface area (Å²) < 4.78 is 10.3. The second-order valence-corrected chi connectivity index (χ2v) is 6.83. The molecule has 2 aliphatic rings. The van der Waals surface area contributed by atoms with Crippen molar-refractivity contribution in [2.45, 2.75) is 63.5 Å². The molecule has 2 fully saturated rings.